The van der Waals surface area contributed by atoms with Gasteiger partial charge in [0.25, 0.3) is 0 Å². The number of nitrogens with one attached hydrogen (secondary N) is 1. The molecule has 2 heterocycles. The van der Waals surface area contributed by atoms with Gasteiger partial charge in [-0.2, -0.15) is 0 Å². The van der Waals surface area contributed by atoms with Gasteiger partial charge in [0.15, 0.2) is 0 Å². The molecule has 6 nitrogen and oxygen atoms in total. The molecular weight excluding hydrogens is 330 g/mol. The molecule has 26 heavy (non-hydrogen) atoms. The van der Waals surface area contributed by atoms with Gasteiger partial charge in [0, 0.05) is 44.4 Å². The largest absolute Gasteiger partial charge is 0.377 e. The number of hydrogen-bond acceptors (Lipinski definition) is 3. The standard InChI is InChI=1S/C20H29N3O3/c1-2-26-15-16-6-5-7-18(14-16)21-19(24)17-8-12-23(13-9-17)20(25)22-10-3-4-11-22/h5-7,14,17H,2-4,8-13,15H2,1H3,(H,21,24). The Labute approximate surface area is 155 Å². The smallest absolute Gasteiger partial charge is 0.319 e. The Kier molecular flexibility index (Phi) is 6.50. The van der Waals surface area contributed by atoms with E-state index in [-0.39, 0.29) is 17.9 Å². The van der Waals surface area contributed by atoms with Crippen molar-refractivity contribution < 1.29 is 14.3 Å². The number of nitrogens with zero attached hydrogens (tertiary/aromatic N) is 2. The molecule has 3 rings (SSSR count). The van der Waals surface area contributed by atoms with Crippen LogP contribution < -0.4 is 5.32 Å². The Balaban J connectivity index is 1.48. The number of ether oxygens (including phenoxy) is 1. The molecule has 0 aromatic heterocycles. The number of rotatable bonds is 5. The molecule has 0 spiro atoms. The van der Waals surface area contributed by atoms with Crippen LogP contribution in [0.15, 0.2) is 24.3 Å². The first-order chi connectivity index (χ1) is 12.7. The molecule has 2 aliphatic rings. The molecule has 0 aliphatic carbocycles. The van der Waals surface area contributed by atoms with Crippen molar-refractivity contribution >= 4 is 17.6 Å². The highest BCUT2D eigenvalue weighted by atomic mass is 16.5. The molecule has 1 N–H and O–H groups in total. The van der Waals surface area contributed by atoms with Crippen molar-refractivity contribution in [1.82, 2.24) is 9.80 Å². The highest BCUT2D eigenvalue weighted by Gasteiger charge is 2.30. The Bertz CT molecular complexity index is 620. The molecule has 6 heteroatoms. The van der Waals surface area contributed by atoms with Crippen molar-refractivity contribution in [2.75, 3.05) is 38.1 Å². The normalized spacial score (nSPS) is 18.2. The van der Waals surface area contributed by atoms with E-state index in [1.165, 1.54) is 0 Å². The maximum absolute atomic E-state index is 12.6. The highest BCUT2D eigenvalue weighted by molar-refractivity contribution is 5.92. The van der Waals surface area contributed by atoms with Crippen molar-refractivity contribution in [3.8, 4) is 0 Å². The number of anilines is 1. The van der Waals surface area contributed by atoms with Crippen LogP contribution in [0.1, 0.15) is 38.2 Å². The van der Waals surface area contributed by atoms with Gasteiger partial charge in [0.2, 0.25) is 5.91 Å². The summed E-state index contributed by atoms with van der Waals surface area (Å²) in [6.07, 6.45) is 3.66. The van der Waals surface area contributed by atoms with E-state index < -0.39 is 0 Å². The van der Waals surface area contributed by atoms with Crippen molar-refractivity contribution in [3.63, 3.8) is 0 Å². The lowest BCUT2D eigenvalue weighted by Crippen LogP contribution is -2.47. The Morgan fingerprint density at radius 1 is 1.12 bits per heavy atom. The van der Waals surface area contributed by atoms with E-state index in [9.17, 15) is 9.59 Å². The van der Waals surface area contributed by atoms with Crippen molar-refractivity contribution in [2.45, 2.75) is 39.2 Å². The monoisotopic (exact) mass is 359 g/mol. The van der Waals surface area contributed by atoms with Crippen LogP contribution in [0.3, 0.4) is 0 Å². The molecule has 2 aliphatic heterocycles. The third-order valence-electron chi connectivity index (χ3n) is 5.18. The number of likely N-dealkylation sites (tertiary alicyclic amines) is 2. The number of carbonyl (C=O) groups excluding carboxylic acids is 2. The van der Waals surface area contributed by atoms with E-state index >= 15 is 0 Å². The zero-order chi connectivity index (χ0) is 18.4. The molecule has 142 valence electrons. The molecular formula is C20H29N3O3. The molecule has 1 aromatic carbocycles. The number of piperidine rings is 1. The first-order valence-corrected chi connectivity index (χ1v) is 9.68. The van der Waals surface area contributed by atoms with Gasteiger partial charge in [-0.1, -0.05) is 12.1 Å². The third kappa shape index (κ3) is 4.75. The van der Waals surface area contributed by atoms with Crippen LogP contribution in [-0.4, -0.2) is 54.5 Å². The van der Waals surface area contributed by atoms with Crippen LogP contribution in [0.2, 0.25) is 0 Å². The lowest BCUT2D eigenvalue weighted by Gasteiger charge is -2.34. The molecule has 0 bridgehead atoms. The van der Waals surface area contributed by atoms with E-state index in [1.807, 2.05) is 41.0 Å². The summed E-state index contributed by atoms with van der Waals surface area (Å²) in [5, 5.41) is 3.02. The molecule has 2 saturated heterocycles. The minimum absolute atomic E-state index is 0.0341. The van der Waals surface area contributed by atoms with E-state index in [0.29, 0.717) is 26.3 Å². The molecule has 0 atom stereocenters. The van der Waals surface area contributed by atoms with Gasteiger partial charge >= 0.3 is 6.03 Å². The predicted molar refractivity (Wildman–Crippen MR) is 101 cm³/mol. The molecule has 2 fully saturated rings. The summed E-state index contributed by atoms with van der Waals surface area (Å²) in [6.45, 7) is 6.26. The number of urea groups is 1. The summed E-state index contributed by atoms with van der Waals surface area (Å²) in [6, 6.07) is 7.93. The average Bonchev–Trinajstić information content (AvgIpc) is 3.21. The average molecular weight is 359 g/mol. The molecule has 1 aromatic rings. The minimum atomic E-state index is -0.0341. The van der Waals surface area contributed by atoms with E-state index in [0.717, 1.165) is 50.0 Å². The number of benzene rings is 1. The molecule has 0 radical (unpaired) electrons. The van der Waals surface area contributed by atoms with E-state index in [4.69, 9.17) is 4.74 Å². The van der Waals surface area contributed by atoms with Gasteiger partial charge in [-0.25, -0.2) is 4.79 Å². The van der Waals surface area contributed by atoms with Crippen LogP contribution >= 0.6 is 0 Å². The second-order valence-corrected chi connectivity index (χ2v) is 7.06. The van der Waals surface area contributed by atoms with Gasteiger partial charge in [-0.05, 0) is 50.3 Å². The summed E-state index contributed by atoms with van der Waals surface area (Å²) < 4.78 is 5.42. The van der Waals surface area contributed by atoms with Gasteiger partial charge < -0.3 is 19.9 Å². The van der Waals surface area contributed by atoms with Gasteiger partial charge in [-0.3, -0.25) is 4.79 Å². The second kappa shape index (κ2) is 9.03. The third-order valence-corrected chi connectivity index (χ3v) is 5.18. The molecule has 0 saturated carbocycles. The fourth-order valence-electron chi connectivity index (χ4n) is 3.64. The first kappa shape index (κ1) is 18.7. The van der Waals surface area contributed by atoms with Gasteiger partial charge in [0.05, 0.1) is 6.61 Å². The van der Waals surface area contributed by atoms with Crippen molar-refractivity contribution in [1.29, 1.82) is 0 Å². The maximum Gasteiger partial charge on any atom is 0.319 e. The molecule has 0 unspecified atom stereocenters. The lowest BCUT2D eigenvalue weighted by molar-refractivity contribution is -0.121. The minimum Gasteiger partial charge on any atom is -0.377 e. The Hall–Kier alpha value is -2.08. The topological polar surface area (TPSA) is 61.9 Å². The van der Waals surface area contributed by atoms with Crippen LogP contribution in [0, 0.1) is 5.92 Å². The van der Waals surface area contributed by atoms with Gasteiger partial charge in [0.1, 0.15) is 0 Å². The number of carbonyl (C=O) groups is 2. The summed E-state index contributed by atoms with van der Waals surface area (Å²) >= 11 is 0. The lowest BCUT2D eigenvalue weighted by atomic mass is 9.96. The predicted octanol–water partition coefficient (Wildman–Crippen LogP) is 3.09. The van der Waals surface area contributed by atoms with Crippen molar-refractivity contribution in [2.24, 2.45) is 5.92 Å². The Morgan fingerprint density at radius 2 is 1.81 bits per heavy atom. The van der Waals surface area contributed by atoms with Crippen LogP contribution in [0.25, 0.3) is 0 Å². The zero-order valence-electron chi connectivity index (χ0n) is 15.6. The SMILES string of the molecule is CCOCc1cccc(NC(=O)C2CCN(C(=O)N3CCCC3)CC2)c1. The summed E-state index contributed by atoms with van der Waals surface area (Å²) in [7, 11) is 0. The summed E-state index contributed by atoms with van der Waals surface area (Å²) in [5.74, 6) is 0.0139. The second-order valence-electron chi connectivity index (χ2n) is 7.06. The summed E-state index contributed by atoms with van der Waals surface area (Å²) in [4.78, 5) is 28.8. The van der Waals surface area contributed by atoms with Crippen LogP contribution in [-0.2, 0) is 16.1 Å². The van der Waals surface area contributed by atoms with Crippen LogP contribution in [0.4, 0.5) is 10.5 Å². The quantitative estimate of drug-likeness (QED) is 0.879. The number of hydrogen-bond donors (Lipinski definition) is 1. The first-order valence-electron chi connectivity index (χ1n) is 9.68. The Morgan fingerprint density at radius 3 is 2.50 bits per heavy atom. The zero-order valence-corrected chi connectivity index (χ0v) is 15.6. The number of amides is 3. The van der Waals surface area contributed by atoms with E-state index in [1.54, 1.807) is 0 Å². The fraction of sp³-hybridized carbons (Fsp3) is 0.600. The highest BCUT2D eigenvalue weighted by Crippen LogP contribution is 2.22. The fourth-order valence-corrected chi connectivity index (χ4v) is 3.64. The maximum atomic E-state index is 12.6. The van der Waals surface area contributed by atoms with Crippen molar-refractivity contribution in [3.05, 3.63) is 29.8 Å². The van der Waals surface area contributed by atoms with Crippen LogP contribution in [0.5, 0.6) is 0 Å². The van der Waals surface area contributed by atoms with E-state index in [2.05, 4.69) is 5.32 Å². The summed E-state index contributed by atoms with van der Waals surface area (Å²) in [5.41, 5.74) is 1.86. The van der Waals surface area contributed by atoms with Gasteiger partial charge in [-0.15, -0.1) is 0 Å². The molecule has 3 amide bonds.